The van der Waals surface area contributed by atoms with Gasteiger partial charge in [-0.3, -0.25) is 14.4 Å². The molecule has 0 aliphatic rings. The van der Waals surface area contributed by atoms with Crippen LogP contribution in [-0.2, 0) is 14.4 Å². The van der Waals surface area contributed by atoms with E-state index in [0.717, 1.165) is 122 Å². The van der Waals surface area contributed by atoms with E-state index < -0.39 is 17.9 Å². The molecule has 6 heteroatoms. The number of carboxylic acids is 3. The van der Waals surface area contributed by atoms with E-state index in [0.29, 0.717) is 6.42 Å². The second-order valence-electron chi connectivity index (χ2n) is 14.7. The van der Waals surface area contributed by atoms with E-state index in [-0.39, 0.29) is 12.8 Å². The van der Waals surface area contributed by atoms with E-state index in [1.807, 2.05) is 0 Å². The molecule has 0 fully saturated rings. The van der Waals surface area contributed by atoms with Crippen LogP contribution in [0.1, 0.15) is 188 Å². The standard InChI is InChI=1S/C20H30O2.C18H30O2.C18H28O2/c1-2-3-4-5-6-7-8-9-10-11-12-13-14-15-16-17-18-19-20(21)22;2*1-2-3-4-5-6-7-8-9-10-11-12-13-14-15-16-17-18(19)20/h3-4,6-7,9-10,12-13,15-16H,2,5,8,11,14,17-19H2,1H3,(H,21,22);6-7,9-10,12-13H,2-5,8,11,14-17H2,1H3,(H,19,20);3-4,6-7,9-10,12-13H,2,5,8,11,14-17H2,1H3,(H,19,20)/b4-3-,7-6-,10-9-,13-12-,16-15-;7-6-,10-9-,13-12-;4-3-,7-6-,10-9-,13-12-. The van der Waals surface area contributed by atoms with Gasteiger partial charge in [0.25, 0.3) is 0 Å². The van der Waals surface area contributed by atoms with Crippen molar-refractivity contribution in [2.24, 2.45) is 0 Å². The lowest BCUT2D eigenvalue weighted by atomic mass is 10.2. The van der Waals surface area contributed by atoms with Crippen LogP contribution in [0.3, 0.4) is 0 Å². The SMILES string of the molecule is CC/C=C\C/C=C\C/C=C\C/C=C\C/C=C\CCCC(=O)O.CC/C=C\C/C=C\C/C=C\C/C=C\CCCCC(=O)O.CCCCC/C=C\C/C=C\C/C=C\CCCCC(=O)O. The molecular formula is C56H88O6. The highest BCUT2D eigenvalue weighted by atomic mass is 16.4. The molecule has 0 amide bonds. The van der Waals surface area contributed by atoms with Crippen molar-refractivity contribution in [2.75, 3.05) is 0 Å². The smallest absolute Gasteiger partial charge is 0.303 e. The molecular weight excluding hydrogens is 769 g/mol. The molecule has 0 aromatic rings. The Morgan fingerprint density at radius 1 is 0.274 bits per heavy atom. The van der Waals surface area contributed by atoms with Crippen molar-refractivity contribution >= 4 is 17.9 Å². The van der Waals surface area contributed by atoms with E-state index in [2.05, 4.69) is 167 Å². The van der Waals surface area contributed by atoms with E-state index >= 15 is 0 Å². The van der Waals surface area contributed by atoms with Crippen LogP contribution < -0.4 is 0 Å². The van der Waals surface area contributed by atoms with Crippen LogP contribution in [0.2, 0.25) is 0 Å². The van der Waals surface area contributed by atoms with Crippen LogP contribution >= 0.6 is 0 Å². The quantitative estimate of drug-likeness (QED) is 0.0421. The van der Waals surface area contributed by atoms with E-state index in [9.17, 15) is 14.4 Å². The number of hydrogen-bond donors (Lipinski definition) is 3. The minimum absolute atomic E-state index is 0.258. The minimum atomic E-state index is -0.715. The molecule has 0 unspecified atom stereocenters. The van der Waals surface area contributed by atoms with Crippen LogP contribution in [0, 0.1) is 0 Å². The fourth-order valence-electron chi connectivity index (χ4n) is 5.20. The number of hydrogen-bond acceptors (Lipinski definition) is 3. The lowest BCUT2D eigenvalue weighted by molar-refractivity contribution is -0.138. The number of aliphatic carboxylic acids is 3. The predicted molar refractivity (Wildman–Crippen MR) is 270 cm³/mol. The lowest BCUT2D eigenvalue weighted by Crippen LogP contribution is -1.92. The molecule has 0 rings (SSSR count). The Morgan fingerprint density at radius 3 is 0.726 bits per heavy atom. The number of unbranched alkanes of at least 4 members (excludes halogenated alkanes) is 8. The molecule has 0 bridgehead atoms. The Kier molecular flexibility index (Phi) is 58.0. The average molecular weight is 857 g/mol. The lowest BCUT2D eigenvalue weighted by Gasteiger charge is -1.92. The maximum atomic E-state index is 10.3. The second kappa shape index (κ2) is 58.4. The molecule has 0 radical (unpaired) electrons. The normalized spacial score (nSPS) is 12.4. The van der Waals surface area contributed by atoms with Gasteiger partial charge in [-0.15, -0.1) is 0 Å². The van der Waals surface area contributed by atoms with Gasteiger partial charge in [0.1, 0.15) is 0 Å². The van der Waals surface area contributed by atoms with E-state index in [1.165, 1.54) is 25.7 Å². The van der Waals surface area contributed by atoms with Gasteiger partial charge in [0, 0.05) is 19.3 Å². The zero-order chi connectivity index (χ0) is 46.1. The molecule has 0 aliphatic heterocycles. The molecule has 0 saturated heterocycles. The molecule has 0 saturated carbocycles. The van der Waals surface area contributed by atoms with E-state index in [4.69, 9.17) is 15.3 Å². The van der Waals surface area contributed by atoms with Crippen LogP contribution in [0.5, 0.6) is 0 Å². The maximum Gasteiger partial charge on any atom is 0.303 e. The first kappa shape index (κ1) is 61.6. The van der Waals surface area contributed by atoms with Crippen molar-refractivity contribution in [1.82, 2.24) is 0 Å². The number of allylic oxidation sites excluding steroid dienone is 24. The maximum absolute atomic E-state index is 10.3. The van der Waals surface area contributed by atoms with Crippen molar-refractivity contribution in [3.8, 4) is 0 Å². The summed E-state index contributed by atoms with van der Waals surface area (Å²) in [6.45, 7) is 6.51. The monoisotopic (exact) mass is 857 g/mol. The highest BCUT2D eigenvalue weighted by molar-refractivity contribution is 5.67. The van der Waals surface area contributed by atoms with Gasteiger partial charge < -0.3 is 15.3 Å². The third-order valence-corrected chi connectivity index (χ3v) is 8.68. The van der Waals surface area contributed by atoms with E-state index in [1.54, 1.807) is 0 Å². The first-order valence-electron chi connectivity index (χ1n) is 23.8. The fraction of sp³-hybridized carbons (Fsp3) is 0.518. The Morgan fingerprint density at radius 2 is 0.484 bits per heavy atom. The van der Waals surface area contributed by atoms with Crippen molar-refractivity contribution < 1.29 is 29.7 Å². The van der Waals surface area contributed by atoms with Crippen LogP contribution in [0.4, 0.5) is 0 Å². The van der Waals surface area contributed by atoms with Crippen molar-refractivity contribution in [3.63, 3.8) is 0 Å². The molecule has 0 heterocycles. The zero-order valence-corrected chi connectivity index (χ0v) is 39.3. The summed E-state index contributed by atoms with van der Waals surface area (Å²) in [4.78, 5) is 30.9. The molecule has 348 valence electrons. The van der Waals surface area contributed by atoms with Gasteiger partial charge in [0.2, 0.25) is 0 Å². The summed E-state index contributed by atoms with van der Waals surface area (Å²) in [5.41, 5.74) is 0. The summed E-state index contributed by atoms with van der Waals surface area (Å²) in [6.07, 6.45) is 76.2. The predicted octanol–water partition coefficient (Wildman–Crippen LogP) is 17.1. The van der Waals surface area contributed by atoms with Gasteiger partial charge in [-0.05, 0) is 135 Å². The van der Waals surface area contributed by atoms with Crippen molar-refractivity contribution in [2.45, 2.75) is 188 Å². The van der Waals surface area contributed by atoms with Crippen molar-refractivity contribution in [1.29, 1.82) is 0 Å². The molecule has 0 aliphatic carbocycles. The summed E-state index contributed by atoms with van der Waals surface area (Å²) in [5.74, 6) is -2.11. The van der Waals surface area contributed by atoms with Gasteiger partial charge in [0.05, 0.1) is 0 Å². The average Bonchev–Trinajstić information content (AvgIpc) is 3.25. The molecule has 3 N–H and O–H groups in total. The Labute approximate surface area is 379 Å². The van der Waals surface area contributed by atoms with Gasteiger partial charge in [0.15, 0.2) is 0 Å². The van der Waals surface area contributed by atoms with Crippen LogP contribution in [0.15, 0.2) is 146 Å². The zero-order valence-electron chi connectivity index (χ0n) is 39.3. The fourth-order valence-corrected chi connectivity index (χ4v) is 5.20. The molecule has 6 nitrogen and oxygen atoms in total. The largest absolute Gasteiger partial charge is 0.481 e. The first-order valence-corrected chi connectivity index (χ1v) is 23.8. The molecule has 0 spiro atoms. The molecule has 0 aromatic carbocycles. The van der Waals surface area contributed by atoms with Gasteiger partial charge >= 0.3 is 17.9 Å². The van der Waals surface area contributed by atoms with Gasteiger partial charge in [-0.1, -0.05) is 179 Å². The molecule has 62 heavy (non-hydrogen) atoms. The van der Waals surface area contributed by atoms with Gasteiger partial charge in [-0.25, -0.2) is 0 Å². The summed E-state index contributed by atoms with van der Waals surface area (Å²) in [7, 11) is 0. The summed E-state index contributed by atoms with van der Waals surface area (Å²) < 4.78 is 0. The topological polar surface area (TPSA) is 112 Å². The third-order valence-electron chi connectivity index (χ3n) is 8.68. The summed E-state index contributed by atoms with van der Waals surface area (Å²) in [6, 6.07) is 0. The summed E-state index contributed by atoms with van der Waals surface area (Å²) in [5, 5.41) is 25.5. The highest BCUT2D eigenvalue weighted by Crippen LogP contribution is 2.04. The Hall–Kier alpha value is -4.71. The Bertz CT molecular complexity index is 1360. The van der Waals surface area contributed by atoms with Gasteiger partial charge in [-0.2, -0.15) is 0 Å². The third kappa shape index (κ3) is 69.9. The highest BCUT2D eigenvalue weighted by Gasteiger charge is 1.95. The first-order chi connectivity index (χ1) is 30.3. The van der Waals surface area contributed by atoms with Crippen molar-refractivity contribution in [3.05, 3.63) is 146 Å². The minimum Gasteiger partial charge on any atom is -0.481 e. The second-order valence-corrected chi connectivity index (χ2v) is 14.7. The number of carboxylic acid groups (broad SMARTS) is 3. The van der Waals surface area contributed by atoms with Crippen LogP contribution in [-0.4, -0.2) is 33.2 Å². The molecule has 0 aromatic heterocycles. The number of carbonyl (C=O) groups is 3. The number of rotatable bonds is 38. The molecule has 0 atom stereocenters. The van der Waals surface area contributed by atoms with Crippen LogP contribution in [0.25, 0.3) is 0 Å². The summed E-state index contributed by atoms with van der Waals surface area (Å²) >= 11 is 0. The Balaban J connectivity index is -0.000000844.